The summed E-state index contributed by atoms with van der Waals surface area (Å²) in [6.45, 7) is 4.50. The van der Waals surface area contributed by atoms with Crippen molar-refractivity contribution in [1.29, 1.82) is 0 Å². The highest BCUT2D eigenvalue weighted by Crippen LogP contribution is 2.51. The minimum atomic E-state index is -3.20. The van der Waals surface area contributed by atoms with E-state index in [2.05, 4.69) is 14.5 Å². The first-order chi connectivity index (χ1) is 17.2. The third kappa shape index (κ3) is 6.58. The van der Waals surface area contributed by atoms with Gasteiger partial charge >= 0.3 is 5.97 Å². The number of rotatable bonds is 12. The maximum atomic E-state index is 12.4. The summed E-state index contributed by atoms with van der Waals surface area (Å²) in [7, 11) is -3.20. The summed E-state index contributed by atoms with van der Waals surface area (Å²) in [4.78, 5) is 28.3. The molecule has 1 aromatic carbocycles. The van der Waals surface area contributed by atoms with E-state index in [-0.39, 0.29) is 5.75 Å². The molecule has 2 aliphatic carbocycles. The molecule has 1 aliphatic heterocycles. The zero-order chi connectivity index (χ0) is 25.8. The van der Waals surface area contributed by atoms with Crippen LogP contribution in [0.3, 0.4) is 0 Å². The lowest BCUT2D eigenvalue weighted by molar-refractivity contribution is -0.140. The molecule has 10 heteroatoms. The van der Waals surface area contributed by atoms with E-state index in [1.54, 1.807) is 18.2 Å². The highest BCUT2D eigenvalue weighted by atomic mass is 32.2. The number of carbonyl (C=O) groups excluding carboxylic acids is 1. The van der Waals surface area contributed by atoms with Gasteiger partial charge in [0.05, 0.1) is 11.2 Å². The maximum Gasteiger partial charge on any atom is 0.314 e. The number of piperazine rings is 1. The largest absolute Gasteiger partial charge is 0.481 e. The number of amides is 1. The fourth-order valence-corrected chi connectivity index (χ4v) is 7.23. The summed E-state index contributed by atoms with van der Waals surface area (Å²) in [6, 6.07) is 5.14. The summed E-state index contributed by atoms with van der Waals surface area (Å²) >= 11 is 0. The van der Waals surface area contributed by atoms with Gasteiger partial charge in [0, 0.05) is 44.0 Å². The van der Waals surface area contributed by atoms with Crippen molar-refractivity contribution < 1.29 is 23.1 Å². The Morgan fingerprint density at radius 2 is 1.75 bits per heavy atom. The Morgan fingerprint density at radius 3 is 2.36 bits per heavy atom. The molecule has 0 bridgehead atoms. The molecule has 9 nitrogen and oxygen atoms in total. The van der Waals surface area contributed by atoms with Crippen LogP contribution in [0.2, 0.25) is 0 Å². The summed E-state index contributed by atoms with van der Waals surface area (Å²) in [6.07, 6.45) is 8.49. The van der Waals surface area contributed by atoms with Gasteiger partial charge in [-0.15, -0.1) is 0 Å². The molecule has 0 aromatic heterocycles. The van der Waals surface area contributed by atoms with E-state index in [0.29, 0.717) is 30.9 Å². The SMILES string of the molecule is NC(=O)c1ccc(C2(C(=O)O)CC2)c(N2CCN(CCCCNS(=O)(=O)CC3CCCCC3)CC2)c1. The Bertz CT molecular complexity index is 1040. The van der Waals surface area contributed by atoms with Gasteiger partial charge < -0.3 is 15.7 Å². The van der Waals surface area contributed by atoms with Gasteiger partial charge in [0.15, 0.2) is 0 Å². The van der Waals surface area contributed by atoms with Crippen LogP contribution in [0.1, 0.15) is 73.7 Å². The quantitative estimate of drug-likeness (QED) is 0.360. The summed E-state index contributed by atoms with van der Waals surface area (Å²) in [5.41, 5.74) is 6.61. The van der Waals surface area contributed by atoms with Crippen molar-refractivity contribution in [3.05, 3.63) is 29.3 Å². The van der Waals surface area contributed by atoms with Crippen LogP contribution < -0.4 is 15.4 Å². The Kier molecular flexibility index (Phi) is 8.57. The number of benzene rings is 1. The number of hydrogen-bond acceptors (Lipinski definition) is 6. The Balaban J connectivity index is 1.23. The first kappa shape index (κ1) is 26.9. The van der Waals surface area contributed by atoms with E-state index in [1.165, 1.54) is 6.42 Å². The second kappa shape index (κ2) is 11.5. The van der Waals surface area contributed by atoms with Crippen LogP contribution in [0.25, 0.3) is 0 Å². The highest BCUT2D eigenvalue weighted by molar-refractivity contribution is 7.89. The van der Waals surface area contributed by atoms with E-state index in [4.69, 9.17) is 5.73 Å². The van der Waals surface area contributed by atoms with Crippen LogP contribution in [0, 0.1) is 5.92 Å². The number of nitrogens with one attached hydrogen (secondary N) is 1. The molecule has 0 spiro atoms. The van der Waals surface area contributed by atoms with Gasteiger partial charge in [-0.2, -0.15) is 0 Å². The second-order valence-corrected chi connectivity index (χ2v) is 12.6. The van der Waals surface area contributed by atoms with Gasteiger partial charge in [0.1, 0.15) is 0 Å². The molecule has 1 aromatic rings. The van der Waals surface area contributed by atoms with E-state index >= 15 is 0 Å². The van der Waals surface area contributed by atoms with Crippen molar-refractivity contribution in [3.63, 3.8) is 0 Å². The van der Waals surface area contributed by atoms with E-state index < -0.39 is 27.3 Å². The number of carboxylic acid groups (broad SMARTS) is 1. The van der Waals surface area contributed by atoms with Gasteiger partial charge in [0.25, 0.3) is 0 Å². The first-order valence-electron chi connectivity index (χ1n) is 13.3. The standard InChI is InChI=1S/C26H40N4O5S/c27-24(31)21-8-9-22(26(10-11-26)25(32)33)23(18-21)30-16-14-29(15-17-30)13-5-4-12-28-36(34,35)19-20-6-2-1-3-7-20/h8-9,18,20,28H,1-7,10-17,19H2,(H2,27,31)(H,32,33). The third-order valence-corrected chi connectivity index (χ3v) is 9.63. The zero-order valence-corrected chi connectivity index (χ0v) is 21.9. The number of anilines is 1. The summed E-state index contributed by atoms with van der Waals surface area (Å²) in [5, 5.41) is 9.81. The number of nitrogens with two attached hydrogens (primary N) is 1. The van der Waals surface area contributed by atoms with Crippen LogP contribution in [-0.2, 0) is 20.2 Å². The highest BCUT2D eigenvalue weighted by Gasteiger charge is 2.53. The molecule has 1 saturated heterocycles. The van der Waals surface area contributed by atoms with E-state index in [9.17, 15) is 23.1 Å². The number of unbranched alkanes of at least 4 members (excludes halogenated alkanes) is 1. The van der Waals surface area contributed by atoms with Crippen molar-refractivity contribution in [2.45, 2.75) is 63.2 Å². The molecular formula is C26H40N4O5S. The predicted octanol–water partition coefficient (Wildman–Crippen LogP) is 2.30. The monoisotopic (exact) mass is 520 g/mol. The number of carboxylic acids is 1. The van der Waals surface area contributed by atoms with Gasteiger partial charge in [-0.3, -0.25) is 14.5 Å². The minimum absolute atomic E-state index is 0.261. The molecule has 0 atom stereocenters. The van der Waals surface area contributed by atoms with Crippen LogP contribution >= 0.6 is 0 Å². The number of aliphatic carboxylic acids is 1. The average molecular weight is 521 g/mol. The van der Waals surface area contributed by atoms with Crippen LogP contribution in [0.15, 0.2) is 18.2 Å². The number of primary amides is 1. The van der Waals surface area contributed by atoms with Crippen molar-refractivity contribution in [2.75, 3.05) is 49.9 Å². The first-order valence-corrected chi connectivity index (χ1v) is 15.0. The van der Waals surface area contributed by atoms with Crippen LogP contribution in [0.5, 0.6) is 0 Å². The number of sulfonamides is 1. The zero-order valence-electron chi connectivity index (χ0n) is 21.1. The topological polar surface area (TPSA) is 133 Å². The average Bonchev–Trinajstić information content (AvgIpc) is 3.66. The normalized spacial score (nSPS) is 20.8. The molecule has 3 fully saturated rings. The number of nitrogens with zero attached hydrogens (tertiary/aromatic N) is 2. The molecule has 0 radical (unpaired) electrons. The molecule has 36 heavy (non-hydrogen) atoms. The summed E-state index contributed by atoms with van der Waals surface area (Å²) < 4.78 is 27.5. The lowest BCUT2D eigenvalue weighted by Gasteiger charge is -2.37. The molecule has 1 heterocycles. The van der Waals surface area contributed by atoms with E-state index in [0.717, 1.165) is 82.5 Å². The molecule has 200 valence electrons. The van der Waals surface area contributed by atoms with Gasteiger partial charge in [-0.1, -0.05) is 25.3 Å². The van der Waals surface area contributed by atoms with Crippen molar-refractivity contribution >= 4 is 27.6 Å². The fraction of sp³-hybridized carbons (Fsp3) is 0.692. The van der Waals surface area contributed by atoms with Crippen LogP contribution in [0.4, 0.5) is 5.69 Å². The lowest BCUT2D eigenvalue weighted by atomic mass is 9.91. The molecule has 4 N–H and O–H groups in total. The van der Waals surface area contributed by atoms with E-state index in [1.807, 2.05) is 0 Å². The Morgan fingerprint density at radius 1 is 1.06 bits per heavy atom. The number of hydrogen-bond donors (Lipinski definition) is 3. The van der Waals surface area contributed by atoms with Gasteiger partial charge in [-0.25, -0.2) is 13.1 Å². The molecule has 0 unspecified atom stereocenters. The summed E-state index contributed by atoms with van der Waals surface area (Å²) in [5.74, 6) is -0.765. The van der Waals surface area contributed by atoms with Gasteiger partial charge in [-0.05, 0) is 68.7 Å². The molecule has 2 saturated carbocycles. The molecular weight excluding hydrogens is 480 g/mol. The van der Waals surface area contributed by atoms with Gasteiger partial charge in [0.2, 0.25) is 15.9 Å². The number of carbonyl (C=O) groups is 2. The van der Waals surface area contributed by atoms with Crippen LogP contribution in [-0.4, -0.2) is 75.3 Å². The smallest absolute Gasteiger partial charge is 0.314 e. The van der Waals surface area contributed by atoms with Crippen molar-refractivity contribution in [1.82, 2.24) is 9.62 Å². The molecule has 1 amide bonds. The predicted molar refractivity (Wildman–Crippen MR) is 140 cm³/mol. The maximum absolute atomic E-state index is 12.4. The second-order valence-electron chi connectivity index (χ2n) is 10.7. The van der Waals surface area contributed by atoms with Crippen molar-refractivity contribution in [2.24, 2.45) is 11.7 Å². The lowest BCUT2D eigenvalue weighted by Crippen LogP contribution is -2.47. The van der Waals surface area contributed by atoms with Crippen molar-refractivity contribution in [3.8, 4) is 0 Å². The Labute approximate surface area is 214 Å². The Hall–Kier alpha value is -2.17. The fourth-order valence-electron chi connectivity index (χ4n) is 5.70. The molecule has 3 aliphatic rings. The minimum Gasteiger partial charge on any atom is -0.481 e. The molecule has 4 rings (SSSR count). The third-order valence-electron chi connectivity index (χ3n) is 8.07.